The predicted molar refractivity (Wildman–Crippen MR) is 107 cm³/mol. The molecule has 1 fully saturated rings. The molecular formula is C21H36N4O2. The third-order valence-electron chi connectivity index (χ3n) is 5.47. The molecular weight excluding hydrogens is 340 g/mol. The second-order valence-corrected chi connectivity index (χ2v) is 8.66. The van der Waals surface area contributed by atoms with E-state index in [-0.39, 0.29) is 12.0 Å². The van der Waals surface area contributed by atoms with E-state index >= 15 is 0 Å². The lowest BCUT2D eigenvalue weighted by molar-refractivity contribution is 0.0778. The van der Waals surface area contributed by atoms with Crippen LogP contribution in [0.3, 0.4) is 0 Å². The second kappa shape index (κ2) is 9.20. The van der Waals surface area contributed by atoms with Crippen LogP contribution in [0.15, 0.2) is 0 Å². The first-order valence-electron chi connectivity index (χ1n) is 10.7. The Balaban J connectivity index is 1.73. The lowest BCUT2D eigenvalue weighted by atomic mass is 9.91. The molecule has 1 aliphatic heterocycles. The number of fused-ring (bicyclic) bond motifs is 1. The highest BCUT2D eigenvalue weighted by Crippen LogP contribution is 2.27. The van der Waals surface area contributed by atoms with Gasteiger partial charge in [0.25, 0.3) is 5.91 Å². The van der Waals surface area contributed by atoms with Gasteiger partial charge in [-0.1, -0.05) is 13.8 Å². The summed E-state index contributed by atoms with van der Waals surface area (Å²) in [6.45, 7) is 12.8. The number of rotatable bonds is 8. The zero-order chi connectivity index (χ0) is 19.4. The average Bonchev–Trinajstić information content (AvgIpc) is 3.26. The van der Waals surface area contributed by atoms with Crippen molar-refractivity contribution in [1.82, 2.24) is 20.0 Å². The first kappa shape index (κ1) is 20.3. The van der Waals surface area contributed by atoms with Crippen LogP contribution in [-0.4, -0.2) is 59.0 Å². The number of hydrogen-bond donors (Lipinski definition) is 1. The number of nitrogens with zero attached hydrogens (tertiary/aromatic N) is 3. The van der Waals surface area contributed by atoms with E-state index in [1.807, 2.05) is 4.90 Å². The quantitative estimate of drug-likeness (QED) is 0.709. The maximum atomic E-state index is 13.1. The smallest absolute Gasteiger partial charge is 0.274 e. The first-order chi connectivity index (χ1) is 13.0. The van der Waals surface area contributed by atoms with Crippen molar-refractivity contribution in [3.05, 3.63) is 17.0 Å². The van der Waals surface area contributed by atoms with Gasteiger partial charge in [-0.15, -0.1) is 0 Å². The fourth-order valence-electron chi connectivity index (χ4n) is 4.16. The molecule has 1 saturated heterocycles. The molecule has 1 aromatic heterocycles. The zero-order valence-electron chi connectivity index (χ0n) is 17.5. The summed E-state index contributed by atoms with van der Waals surface area (Å²) in [7, 11) is 0. The molecule has 6 heteroatoms. The van der Waals surface area contributed by atoms with Crippen LogP contribution in [0.25, 0.3) is 0 Å². The maximum Gasteiger partial charge on any atom is 0.274 e. The number of likely N-dealkylation sites (tertiary alicyclic amines) is 1. The standard InChI is InChI=1S/C21H36N4O2/c1-15(2)14-25-19-8-7-17(22-9-12-27-16(3)4)13-18(19)20(23-25)21(26)24-10-5-6-11-24/h15-17,22H,5-14H2,1-4H3. The molecule has 2 aliphatic rings. The number of carbonyl (C=O) groups excluding carboxylic acids is 1. The Morgan fingerprint density at radius 3 is 2.67 bits per heavy atom. The van der Waals surface area contributed by atoms with Gasteiger partial charge in [-0.05, 0) is 51.9 Å². The van der Waals surface area contributed by atoms with Crippen molar-refractivity contribution >= 4 is 5.91 Å². The van der Waals surface area contributed by atoms with Gasteiger partial charge in [0.1, 0.15) is 0 Å². The number of aromatic nitrogens is 2. The molecule has 1 N–H and O–H groups in total. The topological polar surface area (TPSA) is 59.4 Å². The van der Waals surface area contributed by atoms with Crippen molar-refractivity contribution in [2.45, 2.75) is 78.5 Å². The summed E-state index contributed by atoms with van der Waals surface area (Å²) >= 11 is 0. The zero-order valence-corrected chi connectivity index (χ0v) is 17.5. The molecule has 0 spiro atoms. The van der Waals surface area contributed by atoms with Crippen molar-refractivity contribution in [2.75, 3.05) is 26.2 Å². The van der Waals surface area contributed by atoms with Gasteiger partial charge in [0, 0.05) is 43.5 Å². The van der Waals surface area contributed by atoms with Crippen molar-refractivity contribution in [2.24, 2.45) is 5.92 Å². The number of ether oxygens (including phenoxy) is 1. The van der Waals surface area contributed by atoms with E-state index in [0.29, 0.717) is 17.7 Å². The molecule has 2 heterocycles. The predicted octanol–water partition coefficient (Wildman–Crippen LogP) is 2.65. The molecule has 6 nitrogen and oxygen atoms in total. The summed E-state index contributed by atoms with van der Waals surface area (Å²) in [5, 5.41) is 8.42. The molecule has 1 unspecified atom stereocenters. The van der Waals surface area contributed by atoms with Crippen LogP contribution in [0.5, 0.6) is 0 Å². The van der Waals surface area contributed by atoms with Crippen molar-refractivity contribution in [3.63, 3.8) is 0 Å². The van der Waals surface area contributed by atoms with E-state index in [4.69, 9.17) is 9.84 Å². The van der Waals surface area contributed by atoms with Gasteiger partial charge in [-0.2, -0.15) is 5.10 Å². The lowest BCUT2D eigenvalue weighted by Crippen LogP contribution is -2.38. The minimum absolute atomic E-state index is 0.134. The Kier molecular flexibility index (Phi) is 6.93. The minimum Gasteiger partial charge on any atom is -0.377 e. The molecule has 0 saturated carbocycles. The largest absolute Gasteiger partial charge is 0.377 e. The van der Waals surface area contributed by atoms with Crippen LogP contribution in [0.4, 0.5) is 0 Å². The van der Waals surface area contributed by atoms with Crippen LogP contribution in [0, 0.1) is 5.92 Å². The van der Waals surface area contributed by atoms with E-state index in [1.165, 1.54) is 11.3 Å². The van der Waals surface area contributed by atoms with Crippen LogP contribution < -0.4 is 5.32 Å². The molecule has 1 atom stereocenters. The lowest BCUT2D eigenvalue weighted by Gasteiger charge is -2.25. The summed E-state index contributed by atoms with van der Waals surface area (Å²) in [6, 6.07) is 0.398. The summed E-state index contributed by atoms with van der Waals surface area (Å²) in [6.07, 6.45) is 5.47. The van der Waals surface area contributed by atoms with Crippen LogP contribution >= 0.6 is 0 Å². The van der Waals surface area contributed by atoms with Gasteiger partial charge < -0.3 is 15.0 Å². The van der Waals surface area contributed by atoms with Gasteiger partial charge in [0.05, 0.1) is 12.7 Å². The van der Waals surface area contributed by atoms with Gasteiger partial charge in [0.2, 0.25) is 0 Å². The van der Waals surface area contributed by atoms with Crippen molar-refractivity contribution in [1.29, 1.82) is 0 Å². The third kappa shape index (κ3) is 5.11. The van der Waals surface area contributed by atoms with E-state index in [2.05, 4.69) is 37.7 Å². The Hall–Kier alpha value is -1.40. The molecule has 27 heavy (non-hydrogen) atoms. The van der Waals surface area contributed by atoms with E-state index in [0.717, 1.165) is 64.9 Å². The van der Waals surface area contributed by atoms with Crippen LogP contribution in [0.1, 0.15) is 68.7 Å². The normalized spacial score (nSPS) is 19.9. The first-order valence-corrected chi connectivity index (χ1v) is 10.7. The average molecular weight is 377 g/mol. The third-order valence-corrected chi connectivity index (χ3v) is 5.47. The van der Waals surface area contributed by atoms with E-state index < -0.39 is 0 Å². The summed E-state index contributed by atoms with van der Waals surface area (Å²) in [4.78, 5) is 15.1. The van der Waals surface area contributed by atoms with Crippen LogP contribution in [-0.2, 0) is 24.1 Å². The highest BCUT2D eigenvalue weighted by Gasteiger charge is 2.31. The Morgan fingerprint density at radius 2 is 2.00 bits per heavy atom. The molecule has 3 rings (SSSR count). The molecule has 1 amide bonds. The Morgan fingerprint density at radius 1 is 1.26 bits per heavy atom. The van der Waals surface area contributed by atoms with Gasteiger partial charge in [-0.3, -0.25) is 9.48 Å². The van der Waals surface area contributed by atoms with Gasteiger partial charge >= 0.3 is 0 Å². The maximum absolute atomic E-state index is 13.1. The molecule has 152 valence electrons. The molecule has 0 bridgehead atoms. The van der Waals surface area contributed by atoms with Crippen LogP contribution in [0.2, 0.25) is 0 Å². The minimum atomic E-state index is 0.134. The fraction of sp³-hybridized carbons (Fsp3) is 0.810. The molecule has 0 aromatic carbocycles. The number of amides is 1. The van der Waals surface area contributed by atoms with Gasteiger partial charge in [-0.25, -0.2) is 0 Å². The summed E-state index contributed by atoms with van der Waals surface area (Å²) in [5.74, 6) is 0.655. The SMILES string of the molecule is CC(C)Cn1nc(C(=O)N2CCCC2)c2c1CCC(NCCOC(C)C)C2. The van der Waals surface area contributed by atoms with Crippen molar-refractivity contribution in [3.8, 4) is 0 Å². The second-order valence-electron chi connectivity index (χ2n) is 8.66. The van der Waals surface area contributed by atoms with Crippen molar-refractivity contribution < 1.29 is 9.53 Å². The fourth-order valence-corrected chi connectivity index (χ4v) is 4.16. The number of hydrogen-bond acceptors (Lipinski definition) is 4. The number of nitrogens with one attached hydrogen (secondary N) is 1. The van der Waals surface area contributed by atoms with Gasteiger partial charge in [0.15, 0.2) is 5.69 Å². The highest BCUT2D eigenvalue weighted by molar-refractivity contribution is 5.94. The summed E-state index contributed by atoms with van der Waals surface area (Å²) in [5.41, 5.74) is 3.17. The summed E-state index contributed by atoms with van der Waals surface area (Å²) < 4.78 is 7.75. The monoisotopic (exact) mass is 376 g/mol. The molecule has 0 radical (unpaired) electrons. The number of carbonyl (C=O) groups is 1. The van der Waals surface area contributed by atoms with E-state index in [1.54, 1.807) is 0 Å². The molecule has 1 aliphatic carbocycles. The Labute approximate surface area is 163 Å². The molecule has 1 aromatic rings. The Bertz CT molecular complexity index is 632. The van der Waals surface area contributed by atoms with E-state index in [9.17, 15) is 4.79 Å². The highest BCUT2D eigenvalue weighted by atomic mass is 16.5.